The van der Waals surface area contributed by atoms with E-state index in [1.165, 1.54) is 25.7 Å². The zero-order valence-corrected chi connectivity index (χ0v) is 12.5. The first-order valence-corrected chi connectivity index (χ1v) is 8.44. The summed E-state index contributed by atoms with van der Waals surface area (Å²) in [7, 11) is 0. The Morgan fingerprint density at radius 3 is 2.95 bits per heavy atom. The van der Waals surface area contributed by atoms with Gasteiger partial charge in [-0.3, -0.25) is 0 Å². The van der Waals surface area contributed by atoms with Crippen LogP contribution in [0.4, 0.5) is 5.82 Å². The molecule has 2 aromatic rings. The lowest BCUT2D eigenvalue weighted by Gasteiger charge is -2.31. The first-order chi connectivity index (χ1) is 9.78. The number of fused-ring (bicyclic) bond motifs is 1. The number of thioether (sulfide) groups is 1. The van der Waals surface area contributed by atoms with Crippen molar-refractivity contribution in [3.05, 3.63) is 30.5 Å². The average molecular weight is 288 g/mol. The summed E-state index contributed by atoms with van der Waals surface area (Å²) in [5, 5.41) is 16.1. The van der Waals surface area contributed by atoms with E-state index in [0.717, 1.165) is 16.6 Å². The van der Waals surface area contributed by atoms with Crippen LogP contribution >= 0.6 is 11.8 Å². The molecule has 1 heterocycles. The number of aromatic nitrogens is 1. The minimum Gasteiger partial charge on any atom is -0.508 e. The summed E-state index contributed by atoms with van der Waals surface area (Å²) in [6.07, 6.45) is 9.10. The van der Waals surface area contributed by atoms with Crippen molar-refractivity contribution in [1.82, 2.24) is 4.98 Å². The van der Waals surface area contributed by atoms with Crippen LogP contribution in [0.1, 0.15) is 25.7 Å². The number of phenols is 1. The minimum atomic E-state index is 0.290. The van der Waals surface area contributed by atoms with E-state index in [1.807, 2.05) is 30.1 Å². The second-order valence-electron chi connectivity index (χ2n) is 5.37. The summed E-state index contributed by atoms with van der Waals surface area (Å²) in [6, 6.07) is 7.90. The van der Waals surface area contributed by atoms with Crippen LogP contribution in [0.2, 0.25) is 0 Å². The highest BCUT2D eigenvalue weighted by molar-refractivity contribution is 7.99. The summed E-state index contributed by atoms with van der Waals surface area (Å²) >= 11 is 1.94. The molecule has 20 heavy (non-hydrogen) atoms. The maximum atomic E-state index is 9.70. The lowest BCUT2D eigenvalue weighted by molar-refractivity contribution is 0.473. The van der Waals surface area contributed by atoms with E-state index < -0.39 is 0 Å². The highest BCUT2D eigenvalue weighted by Crippen LogP contribution is 2.31. The number of nitrogens with zero attached hydrogens (tertiary/aromatic N) is 1. The molecule has 0 bridgehead atoms. The predicted molar refractivity (Wildman–Crippen MR) is 86.6 cm³/mol. The average Bonchev–Trinajstić information content (AvgIpc) is 2.48. The van der Waals surface area contributed by atoms with Gasteiger partial charge in [0, 0.05) is 22.9 Å². The molecule has 0 radical (unpaired) electrons. The molecule has 0 saturated heterocycles. The van der Waals surface area contributed by atoms with Crippen LogP contribution in [-0.4, -0.2) is 27.6 Å². The van der Waals surface area contributed by atoms with Gasteiger partial charge >= 0.3 is 0 Å². The van der Waals surface area contributed by atoms with Gasteiger partial charge in [0.2, 0.25) is 0 Å². The van der Waals surface area contributed by atoms with Gasteiger partial charge in [-0.05, 0) is 42.7 Å². The zero-order valence-electron chi connectivity index (χ0n) is 11.7. The van der Waals surface area contributed by atoms with Crippen molar-refractivity contribution < 1.29 is 5.11 Å². The zero-order chi connectivity index (χ0) is 13.9. The Bertz CT molecular complexity index is 602. The third-order valence-electron chi connectivity index (χ3n) is 4.08. The minimum absolute atomic E-state index is 0.290. The van der Waals surface area contributed by atoms with Crippen LogP contribution in [0.5, 0.6) is 5.75 Å². The Labute approximate surface area is 123 Å². The van der Waals surface area contributed by atoms with Crippen molar-refractivity contribution in [2.45, 2.75) is 37.0 Å². The number of rotatable bonds is 3. The molecule has 1 aromatic carbocycles. The van der Waals surface area contributed by atoms with Gasteiger partial charge in [-0.25, -0.2) is 4.98 Å². The van der Waals surface area contributed by atoms with Crippen molar-refractivity contribution in [1.29, 1.82) is 0 Å². The molecule has 1 aromatic heterocycles. The van der Waals surface area contributed by atoms with E-state index >= 15 is 0 Å². The highest BCUT2D eigenvalue weighted by atomic mass is 32.2. The Morgan fingerprint density at radius 1 is 1.25 bits per heavy atom. The molecule has 2 atom stereocenters. The third-order valence-corrected chi connectivity index (χ3v) is 5.25. The molecule has 0 spiro atoms. The van der Waals surface area contributed by atoms with Gasteiger partial charge in [0.05, 0.1) is 0 Å². The molecular formula is C16H20N2OS. The van der Waals surface area contributed by atoms with Crippen LogP contribution in [0.25, 0.3) is 10.8 Å². The summed E-state index contributed by atoms with van der Waals surface area (Å²) in [5.41, 5.74) is 0. The van der Waals surface area contributed by atoms with E-state index in [1.54, 1.807) is 12.1 Å². The van der Waals surface area contributed by atoms with Crippen molar-refractivity contribution in [3.63, 3.8) is 0 Å². The standard InChI is InChI=1S/C16H20N2OS/c1-20-15-5-3-2-4-14(15)18-16-13-10-12(19)7-6-11(13)8-9-17-16/h6-10,14-15,19H,2-5H2,1H3,(H,17,18). The van der Waals surface area contributed by atoms with E-state index in [-0.39, 0.29) is 0 Å². The fourth-order valence-electron chi connectivity index (χ4n) is 2.99. The molecule has 2 N–H and O–H groups in total. The molecule has 0 amide bonds. The Balaban J connectivity index is 1.91. The Kier molecular flexibility index (Phi) is 4.01. The van der Waals surface area contributed by atoms with E-state index in [4.69, 9.17) is 0 Å². The van der Waals surface area contributed by atoms with Crippen LogP contribution < -0.4 is 5.32 Å². The number of hydrogen-bond donors (Lipinski definition) is 2. The second kappa shape index (κ2) is 5.92. The van der Waals surface area contributed by atoms with Gasteiger partial charge in [-0.2, -0.15) is 11.8 Å². The molecule has 3 rings (SSSR count). The molecule has 3 nitrogen and oxygen atoms in total. The number of pyridine rings is 1. The quantitative estimate of drug-likeness (QED) is 0.895. The first-order valence-electron chi connectivity index (χ1n) is 7.15. The molecule has 2 unspecified atom stereocenters. The number of aromatic hydroxyl groups is 1. The number of nitrogens with one attached hydrogen (secondary N) is 1. The number of phenolic OH excluding ortho intramolecular Hbond substituents is 1. The molecule has 1 saturated carbocycles. The maximum Gasteiger partial charge on any atom is 0.134 e. The SMILES string of the molecule is CSC1CCCCC1Nc1nccc2ccc(O)cc12. The lowest BCUT2D eigenvalue weighted by Crippen LogP contribution is -2.34. The molecule has 1 aliphatic carbocycles. The number of hydrogen-bond acceptors (Lipinski definition) is 4. The van der Waals surface area contributed by atoms with Gasteiger partial charge in [-0.1, -0.05) is 18.9 Å². The summed E-state index contributed by atoms with van der Waals surface area (Å²) in [5.74, 6) is 1.18. The van der Waals surface area contributed by atoms with Gasteiger partial charge in [0.15, 0.2) is 0 Å². The van der Waals surface area contributed by atoms with Gasteiger partial charge in [-0.15, -0.1) is 0 Å². The fraction of sp³-hybridized carbons (Fsp3) is 0.438. The smallest absolute Gasteiger partial charge is 0.134 e. The normalized spacial score (nSPS) is 22.9. The van der Waals surface area contributed by atoms with Gasteiger partial charge in [0.1, 0.15) is 11.6 Å². The van der Waals surface area contributed by atoms with Crippen molar-refractivity contribution in [2.75, 3.05) is 11.6 Å². The molecule has 4 heteroatoms. The monoisotopic (exact) mass is 288 g/mol. The van der Waals surface area contributed by atoms with Crippen molar-refractivity contribution >= 4 is 28.4 Å². The highest BCUT2D eigenvalue weighted by Gasteiger charge is 2.24. The van der Waals surface area contributed by atoms with Crippen molar-refractivity contribution in [3.8, 4) is 5.75 Å². The number of benzene rings is 1. The van der Waals surface area contributed by atoms with Crippen LogP contribution in [0, 0.1) is 0 Å². The number of anilines is 1. The molecule has 0 aliphatic heterocycles. The van der Waals surface area contributed by atoms with E-state index in [9.17, 15) is 5.11 Å². The van der Waals surface area contributed by atoms with Crippen LogP contribution in [-0.2, 0) is 0 Å². The topological polar surface area (TPSA) is 45.2 Å². The summed E-state index contributed by atoms with van der Waals surface area (Å²) in [4.78, 5) is 4.48. The van der Waals surface area contributed by atoms with Crippen LogP contribution in [0.3, 0.4) is 0 Å². The predicted octanol–water partition coefficient (Wildman–Crippen LogP) is 4.03. The second-order valence-corrected chi connectivity index (χ2v) is 6.45. The molecule has 1 aliphatic rings. The molecule has 1 fully saturated rings. The van der Waals surface area contributed by atoms with Gasteiger partial charge < -0.3 is 10.4 Å². The Hall–Kier alpha value is -1.42. The summed E-state index contributed by atoms with van der Waals surface area (Å²) in [6.45, 7) is 0. The first kappa shape index (κ1) is 13.6. The largest absolute Gasteiger partial charge is 0.508 e. The fourth-order valence-corrected chi connectivity index (χ4v) is 3.93. The van der Waals surface area contributed by atoms with E-state index in [0.29, 0.717) is 17.0 Å². The van der Waals surface area contributed by atoms with E-state index in [2.05, 4.69) is 16.6 Å². The van der Waals surface area contributed by atoms with Crippen LogP contribution in [0.15, 0.2) is 30.5 Å². The van der Waals surface area contributed by atoms with Gasteiger partial charge in [0.25, 0.3) is 0 Å². The summed E-state index contributed by atoms with van der Waals surface area (Å²) < 4.78 is 0. The Morgan fingerprint density at radius 2 is 2.10 bits per heavy atom. The maximum absolute atomic E-state index is 9.70. The van der Waals surface area contributed by atoms with Crippen molar-refractivity contribution in [2.24, 2.45) is 0 Å². The lowest BCUT2D eigenvalue weighted by atomic mass is 9.94. The molecule has 106 valence electrons. The third kappa shape index (κ3) is 2.70. The molecular weight excluding hydrogens is 268 g/mol.